The second kappa shape index (κ2) is 18.3. The fraction of sp³-hybridized carbons (Fsp3) is 0.300. The Kier molecular flexibility index (Phi) is 16.4. The predicted molar refractivity (Wildman–Crippen MR) is 184 cm³/mol. The van der Waals surface area contributed by atoms with E-state index in [-0.39, 0.29) is 54.6 Å². The van der Waals surface area contributed by atoms with Crippen molar-refractivity contribution in [2.75, 3.05) is 39.3 Å². The molecule has 0 aliphatic rings. The Balaban J connectivity index is 0.00000588. The molecule has 11 heteroatoms. The molecule has 0 aliphatic heterocycles. The standard InChI is InChI=1S/C30H33I3N4O3.Er/c1-19-10-22(28(38)25(31)13-19)16-34-4-7-37(8-5-35-17-23-11-20(2)14-26(32)29(23)39)9-6-36-18-24-12-21(3)15-27(33)30(24)40;/h10-18,38-40H,4-9H2,1-3H3;/q;+3/p-3. The molecule has 41 heavy (non-hydrogen) atoms. The molecule has 221 valence electrons. The minimum Gasteiger partial charge on any atom is -0.871 e. The first kappa shape index (κ1) is 36.7. The zero-order chi connectivity index (χ0) is 29.2. The Morgan fingerprint density at radius 2 is 0.829 bits per heavy atom. The first-order chi connectivity index (χ1) is 19.0. The monoisotopic (exact) mass is 1040 g/mol. The Bertz CT molecular complexity index is 1260. The zero-order valence-corrected chi connectivity index (χ0v) is 31.2. The molecular formula is C30H30ErI3N4O3. The summed E-state index contributed by atoms with van der Waals surface area (Å²) in [5.41, 5.74) is 4.85. The Hall–Kier alpha value is -0.533. The van der Waals surface area contributed by atoms with Gasteiger partial charge in [0.25, 0.3) is 0 Å². The summed E-state index contributed by atoms with van der Waals surface area (Å²) >= 11 is 6.16. The molecule has 3 rings (SSSR count). The summed E-state index contributed by atoms with van der Waals surface area (Å²) in [5, 5.41) is 37.1. The predicted octanol–water partition coefficient (Wildman–Crippen LogP) is 4.61. The molecule has 0 aromatic heterocycles. The molecule has 0 heterocycles. The van der Waals surface area contributed by atoms with Gasteiger partial charge in [0, 0.05) is 49.0 Å². The number of rotatable bonds is 12. The summed E-state index contributed by atoms with van der Waals surface area (Å²) in [6, 6.07) is 11.1. The quantitative estimate of drug-likeness (QED) is 0.195. The van der Waals surface area contributed by atoms with E-state index in [1.165, 1.54) is 0 Å². The number of halogens is 3. The number of hydrogen-bond donors (Lipinski definition) is 0. The van der Waals surface area contributed by atoms with Gasteiger partial charge < -0.3 is 15.3 Å². The first-order valence-corrected chi connectivity index (χ1v) is 15.9. The average Bonchev–Trinajstić information content (AvgIpc) is 2.89. The van der Waals surface area contributed by atoms with Crippen molar-refractivity contribution in [3.8, 4) is 17.2 Å². The van der Waals surface area contributed by atoms with Crippen molar-refractivity contribution in [3.63, 3.8) is 0 Å². The van der Waals surface area contributed by atoms with Gasteiger partial charge in [-0.15, -0.1) is 0 Å². The van der Waals surface area contributed by atoms with Crippen LogP contribution in [0, 0.1) is 68.8 Å². The van der Waals surface area contributed by atoms with Gasteiger partial charge in [-0.05, 0) is 140 Å². The third-order valence-electron chi connectivity index (χ3n) is 5.98. The van der Waals surface area contributed by atoms with Crippen LogP contribution in [0.25, 0.3) is 0 Å². The van der Waals surface area contributed by atoms with Crippen molar-refractivity contribution in [2.24, 2.45) is 15.0 Å². The van der Waals surface area contributed by atoms with Crippen LogP contribution in [-0.2, 0) is 0 Å². The second-order valence-corrected chi connectivity index (χ2v) is 12.9. The van der Waals surface area contributed by atoms with Crippen LogP contribution in [0.4, 0.5) is 0 Å². The van der Waals surface area contributed by atoms with Crippen molar-refractivity contribution in [1.29, 1.82) is 0 Å². The molecule has 0 saturated heterocycles. The molecule has 0 unspecified atom stereocenters. The van der Waals surface area contributed by atoms with Crippen LogP contribution in [0.1, 0.15) is 33.4 Å². The van der Waals surface area contributed by atoms with Crippen molar-refractivity contribution < 1.29 is 52.6 Å². The van der Waals surface area contributed by atoms with Crippen molar-refractivity contribution in [3.05, 3.63) is 80.5 Å². The van der Waals surface area contributed by atoms with E-state index in [2.05, 4.69) is 87.6 Å². The summed E-state index contributed by atoms with van der Waals surface area (Å²) in [6.07, 6.45) is 4.95. The number of aliphatic imine (C=N–C) groups is 3. The maximum Gasteiger partial charge on any atom is 3.00 e. The van der Waals surface area contributed by atoms with Crippen LogP contribution in [0.3, 0.4) is 0 Å². The van der Waals surface area contributed by atoms with Gasteiger partial charge in [-0.1, -0.05) is 35.4 Å². The maximum absolute atomic E-state index is 12.4. The van der Waals surface area contributed by atoms with Gasteiger partial charge in [-0.3, -0.25) is 19.9 Å². The third-order valence-corrected chi connectivity index (χ3v) is 8.38. The zero-order valence-electron chi connectivity index (χ0n) is 22.9. The molecule has 7 nitrogen and oxygen atoms in total. The molecule has 0 amide bonds. The smallest absolute Gasteiger partial charge is 0.871 e. The fourth-order valence-electron chi connectivity index (χ4n) is 3.98. The number of benzene rings is 3. The van der Waals surface area contributed by atoms with Gasteiger partial charge in [-0.2, -0.15) is 0 Å². The van der Waals surface area contributed by atoms with E-state index >= 15 is 0 Å². The van der Waals surface area contributed by atoms with Gasteiger partial charge in [0.2, 0.25) is 0 Å². The largest absolute Gasteiger partial charge is 3.00 e. The molecule has 0 spiro atoms. The summed E-state index contributed by atoms with van der Waals surface area (Å²) in [4.78, 5) is 15.7. The maximum atomic E-state index is 12.4. The van der Waals surface area contributed by atoms with Gasteiger partial charge in [0.05, 0.1) is 19.6 Å². The van der Waals surface area contributed by atoms with Crippen molar-refractivity contribution in [2.45, 2.75) is 20.8 Å². The number of aryl methyl sites for hydroxylation is 3. The second-order valence-electron chi connectivity index (χ2n) is 9.44. The van der Waals surface area contributed by atoms with E-state index in [0.717, 1.165) is 16.7 Å². The molecule has 0 bridgehead atoms. The molecule has 1 radical (unpaired) electrons. The van der Waals surface area contributed by atoms with Crippen LogP contribution >= 0.6 is 67.8 Å². The summed E-state index contributed by atoms with van der Waals surface area (Å²) < 4.78 is 2.06. The number of nitrogens with zero attached hydrogens (tertiary/aromatic N) is 4. The van der Waals surface area contributed by atoms with Crippen molar-refractivity contribution >= 4 is 86.4 Å². The molecular weight excluding hydrogens is 1010 g/mol. The van der Waals surface area contributed by atoms with Crippen molar-refractivity contribution in [1.82, 2.24) is 4.90 Å². The minimum atomic E-state index is -0.0115. The third kappa shape index (κ3) is 11.8. The molecule has 0 atom stereocenters. The average molecular weight is 1040 g/mol. The van der Waals surface area contributed by atoms with E-state index in [4.69, 9.17) is 0 Å². The molecule has 3 aromatic rings. The topological polar surface area (TPSA) is 110 Å². The van der Waals surface area contributed by atoms with Gasteiger partial charge in [-0.25, -0.2) is 0 Å². The summed E-state index contributed by atoms with van der Waals surface area (Å²) in [5.74, 6) is -0.0345. The first-order valence-electron chi connectivity index (χ1n) is 12.7. The fourth-order valence-corrected chi connectivity index (χ4v) is 6.38. The Labute approximate surface area is 312 Å². The van der Waals surface area contributed by atoms with Crippen LogP contribution in [0.15, 0.2) is 51.4 Å². The van der Waals surface area contributed by atoms with E-state index in [0.29, 0.717) is 66.7 Å². The van der Waals surface area contributed by atoms with E-state index < -0.39 is 0 Å². The molecule has 0 saturated carbocycles. The van der Waals surface area contributed by atoms with Crippen LogP contribution in [0.5, 0.6) is 17.2 Å². The van der Waals surface area contributed by atoms with Gasteiger partial charge in [0.1, 0.15) is 0 Å². The summed E-state index contributed by atoms with van der Waals surface area (Å²) in [6.45, 7) is 9.39. The molecule has 0 aliphatic carbocycles. The minimum absolute atomic E-state index is 0. The molecule has 0 N–H and O–H groups in total. The SMILES string of the molecule is Cc1cc(I)c([O-])c(C=NCCN(CCN=Cc2cc(C)cc(I)c2[O-])CCN=Cc2cc(C)cc(I)c2[O-])c1.[Er+3]. The van der Waals surface area contributed by atoms with Gasteiger partial charge >= 0.3 is 37.3 Å². The van der Waals surface area contributed by atoms with E-state index in [9.17, 15) is 15.3 Å². The van der Waals surface area contributed by atoms with E-state index in [1.54, 1.807) is 18.6 Å². The molecule has 3 aromatic carbocycles. The van der Waals surface area contributed by atoms with Crippen LogP contribution in [-0.4, -0.2) is 62.8 Å². The van der Waals surface area contributed by atoms with Gasteiger partial charge in [0.15, 0.2) is 0 Å². The number of hydrogen-bond acceptors (Lipinski definition) is 7. The molecule has 0 fully saturated rings. The van der Waals surface area contributed by atoms with Crippen LogP contribution in [0.2, 0.25) is 0 Å². The Morgan fingerprint density at radius 3 is 1.10 bits per heavy atom. The normalized spacial score (nSPS) is 11.8. The van der Waals surface area contributed by atoms with Crippen LogP contribution < -0.4 is 15.3 Å². The Morgan fingerprint density at radius 1 is 0.561 bits per heavy atom. The van der Waals surface area contributed by atoms with E-state index in [1.807, 2.05) is 57.2 Å². The summed E-state index contributed by atoms with van der Waals surface area (Å²) in [7, 11) is 0.